The zero-order valence-electron chi connectivity index (χ0n) is 64.6. The number of aliphatic hydroxyl groups is 2. The molecule has 5 amide bonds. The average molecular weight is 1560 g/mol. The van der Waals surface area contributed by atoms with Crippen molar-refractivity contribution in [1.29, 1.82) is 0 Å². The summed E-state index contributed by atoms with van der Waals surface area (Å²) in [5.74, 6) is -3.69. The van der Waals surface area contributed by atoms with Crippen molar-refractivity contribution in [2.24, 2.45) is 23.7 Å². The number of allylic oxidation sites excluding steroid dienone is 3. The van der Waals surface area contributed by atoms with Gasteiger partial charge in [0.2, 0.25) is 28.6 Å². The number of amides is 5. The van der Waals surface area contributed by atoms with E-state index in [4.69, 9.17) is 61.1 Å². The molecular weight excluding hydrogens is 1450 g/mol. The molecule has 2 saturated carbocycles. The number of aryl methyl sites for hydroxylation is 1. The number of thioether (sulfide) groups is 1. The summed E-state index contributed by atoms with van der Waals surface area (Å²) >= 11 is 14.2. The average Bonchev–Trinajstić information content (AvgIpc) is 1.55. The van der Waals surface area contributed by atoms with Gasteiger partial charge >= 0.3 is 18.2 Å². The molecule has 590 valence electrons. The van der Waals surface area contributed by atoms with Gasteiger partial charge in [0.1, 0.15) is 34.6 Å². The third kappa shape index (κ3) is 19.4. The summed E-state index contributed by atoms with van der Waals surface area (Å²) in [4.78, 5) is 104. The summed E-state index contributed by atoms with van der Waals surface area (Å²) in [7, 11) is 5.75. The number of methoxy groups -OCH3 is 2. The number of carbonyl (C=O) groups is 7. The van der Waals surface area contributed by atoms with E-state index >= 15 is 4.79 Å². The van der Waals surface area contributed by atoms with Gasteiger partial charge in [-0.3, -0.25) is 24.5 Å². The molecule has 3 N–H and O–H groups in total. The van der Waals surface area contributed by atoms with Gasteiger partial charge in [-0.05, 0) is 159 Å². The van der Waals surface area contributed by atoms with Crippen LogP contribution in [0.15, 0.2) is 84.5 Å². The van der Waals surface area contributed by atoms with Crippen LogP contribution in [-0.2, 0) is 90.1 Å². The van der Waals surface area contributed by atoms with E-state index in [1.54, 1.807) is 43.3 Å². The lowest BCUT2D eigenvalue weighted by atomic mass is 9.68. The van der Waals surface area contributed by atoms with Gasteiger partial charge in [-0.15, -0.1) is 5.10 Å². The highest BCUT2D eigenvalue weighted by Crippen LogP contribution is 2.54. The van der Waals surface area contributed by atoms with Crippen LogP contribution in [0.2, 0.25) is 10.0 Å². The molecule has 108 heavy (non-hydrogen) atoms. The van der Waals surface area contributed by atoms with E-state index in [1.165, 1.54) is 58.0 Å². The van der Waals surface area contributed by atoms with Gasteiger partial charge in [-0.1, -0.05) is 127 Å². The zero-order chi connectivity index (χ0) is 78.2. The van der Waals surface area contributed by atoms with Crippen LogP contribution in [0.1, 0.15) is 165 Å². The fraction of sp³-hybridized carbons (Fsp3) is 0.613. The maximum atomic E-state index is 15.2. The summed E-state index contributed by atoms with van der Waals surface area (Å²) < 4.78 is 49.4. The highest BCUT2D eigenvalue weighted by molar-refractivity contribution is 8.14. The SMILES string of the molecule is COc1cc2cc(c1Cl)N(C)C(=O)C[C@H](OC(=O)[C@H](C)N(C)C(=O)CCSC(=O)c1ccc(CN(CCOCCOCCn3nnc4c3CC[C@@H]3[C@H](CC4)[C@H]3COC(=O)N(C(C)C)C(C)(C)C)C(=O)C3(c4ccc(Cl)cc4)CCCCC3)cc1)[C@]1(C)O[C@H]1[C@H](C)[C@]1(O)C[C@@](O)(NC(=O)O1)[C@H](OC)/C=C/C=C(\C)C2. The number of carbonyl (C=O) groups excluding carboxylic acids is 7. The summed E-state index contributed by atoms with van der Waals surface area (Å²) in [6.07, 6.45) is 6.97. The Labute approximate surface area is 648 Å². The first-order chi connectivity index (χ1) is 51.2. The third-order valence-electron chi connectivity index (χ3n) is 22.6. The Morgan fingerprint density at radius 2 is 1.59 bits per heavy atom. The Hall–Kier alpha value is -7.14. The quantitative estimate of drug-likeness (QED) is 0.0240. The maximum absolute atomic E-state index is 15.2. The van der Waals surface area contributed by atoms with Crippen LogP contribution in [0.4, 0.5) is 15.3 Å². The summed E-state index contributed by atoms with van der Waals surface area (Å²) in [5, 5.41) is 36.1. The summed E-state index contributed by atoms with van der Waals surface area (Å²) in [6.45, 7) is 19.4. The number of anilines is 1. The number of rotatable bonds is 25. The van der Waals surface area contributed by atoms with Crippen molar-refractivity contribution in [2.45, 2.75) is 217 Å². The molecule has 4 fully saturated rings. The second-order valence-corrected chi connectivity index (χ2v) is 33.1. The molecular formula is C80H108Cl2N8O17S. The lowest BCUT2D eigenvalue weighted by Gasteiger charge is -2.46. The van der Waals surface area contributed by atoms with E-state index in [-0.39, 0.29) is 59.0 Å². The minimum Gasteiger partial charge on any atom is -0.495 e. The Balaban J connectivity index is 0.732. The molecule has 0 unspecified atom stereocenters. The normalized spacial score (nSPS) is 26.6. The summed E-state index contributed by atoms with van der Waals surface area (Å²) in [6, 6.07) is 16.9. The van der Waals surface area contributed by atoms with Crippen LogP contribution in [0.5, 0.6) is 5.75 Å². The van der Waals surface area contributed by atoms with Crippen LogP contribution < -0.4 is 15.0 Å². The fourth-order valence-electron chi connectivity index (χ4n) is 16.2. The number of halogens is 2. The van der Waals surface area contributed by atoms with Crippen molar-refractivity contribution in [2.75, 3.05) is 78.5 Å². The first kappa shape index (κ1) is 83.3. The van der Waals surface area contributed by atoms with Crippen molar-refractivity contribution in [1.82, 2.24) is 35.0 Å². The van der Waals surface area contributed by atoms with Gasteiger partial charge in [0.05, 0.1) is 94.0 Å². The molecule has 3 aliphatic carbocycles. The zero-order valence-corrected chi connectivity index (χ0v) is 66.9. The van der Waals surface area contributed by atoms with E-state index in [9.17, 15) is 39.0 Å². The van der Waals surface area contributed by atoms with E-state index in [0.717, 1.165) is 90.4 Å². The molecule has 1 aromatic heterocycles. The second kappa shape index (κ2) is 35.5. The third-order valence-corrected chi connectivity index (χ3v) is 24.1. The number of fused-ring (bicyclic) bond motifs is 7. The molecule has 6 aliphatic rings. The Morgan fingerprint density at radius 3 is 2.26 bits per heavy atom. The molecule has 4 bridgehead atoms. The number of likely N-dealkylation sites (N-methyl/N-ethyl adjacent to an activating group) is 1. The largest absolute Gasteiger partial charge is 0.495 e. The Morgan fingerprint density at radius 1 is 0.907 bits per heavy atom. The fourth-order valence-corrected chi connectivity index (χ4v) is 17.4. The number of alkyl carbamates (subject to hydrolysis) is 1. The number of benzene rings is 3. The van der Waals surface area contributed by atoms with Crippen LogP contribution >= 0.6 is 35.0 Å². The minimum atomic E-state index is -2.38. The molecule has 25 nitrogen and oxygen atoms in total. The van der Waals surface area contributed by atoms with Crippen LogP contribution in [-0.4, -0.2) is 208 Å². The van der Waals surface area contributed by atoms with Gasteiger partial charge in [-0.2, -0.15) is 0 Å². The van der Waals surface area contributed by atoms with Crippen molar-refractivity contribution in [3.05, 3.63) is 128 Å². The number of hydrogen-bond acceptors (Lipinski definition) is 20. The van der Waals surface area contributed by atoms with Gasteiger partial charge in [0, 0.05) is 68.6 Å². The molecule has 4 heterocycles. The molecule has 0 radical (unpaired) electrons. The second-order valence-electron chi connectivity index (χ2n) is 31.3. The van der Waals surface area contributed by atoms with Gasteiger partial charge in [0.15, 0.2) is 5.72 Å². The van der Waals surface area contributed by atoms with E-state index in [0.29, 0.717) is 98.6 Å². The smallest absolute Gasteiger partial charge is 0.411 e. The van der Waals surface area contributed by atoms with E-state index in [1.807, 2.05) is 92.4 Å². The highest BCUT2D eigenvalue weighted by Gasteiger charge is 2.68. The van der Waals surface area contributed by atoms with Crippen molar-refractivity contribution < 1.29 is 81.7 Å². The number of nitrogens with zero attached hydrogens (tertiary/aromatic N) is 7. The molecule has 2 saturated heterocycles. The monoisotopic (exact) mass is 1550 g/mol. The molecule has 10 rings (SSSR count). The lowest BCUT2D eigenvalue weighted by molar-refractivity contribution is -0.267. The number of ether oxygens (including phenoxy) is 8. The minimum absolute atomic E-state index is 0.00876. The highest BCUT2D eigenvalue weighted by atomic mass is 35.5. The van der Waals surface area contributed by atoms with E-state index in [2.05, 4.69) is 15.6 Å². The molecule has 3 aliphatic heterocycles. The number of aromatic nitrogens is 3. The first-order valence-corrected chi connectivity index (χ1v) is 39.4. The molecule has 0 spiro atoms. The predicted octanol–water partition coefficient (Wildman–Crippen LogP) is 11.4. The number of esters is 1. The molecule has 11 atom stereocenters. The maximum Gasteiger partial charge on any atom is 0.411 e. The first-order valence-electron chi connectivity index (χ1n) is 37.7. The lowest BCUT2D eigenvalue weighted by Crippen LogP contribution is -2.68. The van der Waals surface area contributed by atoms with Crippen LogP contribution in [0, 0.1) is 23.7 Å². The number of hydrogen-bond donors (Lipinski definition) is 3. The van der Waals surface area contributed by atoms with Crippen LogP contribution in [0.3, 0.4) is 0 Å². The molecule has 4 aromatic rings. The van der Waals surface area contributed by atoms with Gasteiger partial charge in [-0.25, -0.2) is 19.1 Å². The summed E-state index contributed by atoms with van der Waals surface area (Å²) in [5.41, 5.74) is 1.34. The van der Waals surface area contributed by atoms with Crippen LogP contribution in [0.25, 0.3) is 0 Å². The van der Waals surface area contributed by atoms with E-state index < -0.39 is 89.5 Å². The van der Waals surface area contributed by atoms with Crippen molar-refractivity contribution >= 4 is 81.6 Å². The Kier molecular flexibility index (Phi) is 27.4. The topological polar surface area (TPSA) is 293 Å². The van der Waals surface area contributed by atoms with Gasteiger partial charge in [0.25, 0.3) is 0 Å². The standard InChI is InChI=1S/C80H108Cl2N8O17S/c1-49(2)90(76(6,7)8)75(97)104-47-60-58-28-30-61-62(31-29-59(58)60)89(85-84-61)36-38-103-40-39-102-37-35-88(73(95)78(33-15-14-16-34-78)56-24-26-57(81)27-25-56)46-53-20-22-55(23-21-53)72(94)108-41-32-67(91)86(10)52(5)71(93)105-66-45-68(92)87(11)63-43-54(44-64(100-12)69(63)82)42-50(3)18-17-19-65(101-13)79(98)48-80(99,107-74(96)83-79)51(4)70-77(66,9)106-70/h17-27,43-44,49,51-52,58-60,65-66,70,98-99H,14-16,28-42,45-48H2,1-13H3,(H,83,96)/b19-17+,50-18+/t51-,52-,58-,59+,60+,65+,66-,70-,77-,79-,80-/m0/s1. The molecule has 28 heteroatoms. The number of epoxide rings is 1. The van der Waals surface area contributed by atoms with Crippen molar-refractivity contribution in [3.8, 4) is 5.75 Å². The van der Waals surface area contributed by atoms with Crippen molar-refractivity contribution in [3.63, 3.8) is 0 Å². The predicted molar refractivity (Wildman–Crippen MR) is 408 cm³/mol. The number of nitrogens with one attached hydrogen (secondary N) is 1. The Bertz CT molecular complexity index is 3940. The molecule has 3 aromatic carbocycles. The van der Waals surface area contributed by atoms with Gasteiger partial charge < -0.3 is 67.7 Å².